The molecule has 1 aromatic carbocycles. The first kappa shape index (κ1) is 18.4. The number of benzene rings is 1. The highest BCUT2D eigenvalue weighted by atomic mass is 19.1. The Morgan fingerprint density at radius 2 is 2.18 bits per heavy atom. The van der Waals surface area contributed by atoms with E-state index in [2.05, 4.69) is 10.2 Å². The lowest BCUT2D eigenvalue weighted by Crippen LogP contribution is -2.28. The molecular weight excluding hydrogens is 363 g/mol. The number of carboxylic acids is 1. The molecule has 0 bridgehead atoms. The third-order valence-corrected chi connectivity index (χ3v) is 5.43. The number of hydrogen-bond acceptors (Lipinski definition) is 4. The number of carboxylic acid groups (broad SMARTS) is 1. The first-order valence-corrected chi connectivity index (χ1v) is 9.35. The van der Waals surface area contributed by atoms with Crippen LogP contribution in [0.15, 0.2) is 46.3 Å². The molecular formula is C21H21FN2O4. The predicted molar refractivity (Wildman–Crippen MR) is 102 cm³/mol. The van der Waals surface area contributed by atoms with E-state index in [-0.39, 0.29) is 30.1 Å². The number of H-pyrrole nitrogens is 1. The van der Waals surface area contributed by atoms with Crippen molar-refractivity contribution in [2.75, 3.05) is 0 Å². The molecule has 1 atom stereocenters. The van der Waals surface area contributed by atoms with Crippen LogP contribution in [0.1, 0.15) is 38.3 Å². The van der Waals surface area contributed by atoms with Crippen LogP contribution in [0.2, 0.25) is 0 Å². The molecule has 2 aromatic rings. The molecule has 1 fully saturated rings. The molecule has 0 saturated heterocycles. The number of carbonyl (C=O) groups is 1. The van der Waals surface area contributed by atoms with E-state index in [0.717, 1.165) is 19.3 Å². The molecule has 0 aliphatic heterocycles. The molecule has 0 spiro atoms. The van der Waals surface area contributed by atoms with Crippen LogP contribution in [0.25, 0.3) is 10.8 Å². The van der Waals surface area contributed by atoms with Gasteiger partial charge in [0.1, 0.15) is 11.4 Å². The average Bonchev–Trinajstić information content (AvgIpc) is 2.61. The van der Waals surface area contributed by atoms with E-state index in [9.17, 15) is 19.1 Å². The van der Waals surface area contributed by atoms with E-state index in [1.54, 1.807) is 24.3 Å². The molecule has 2 aliphatic rings. The van der Waals surface area contributed by atoms with Gasteiger partial charge in [-0.25, -0.2) is 14.3 Å². The molecule has 2 N–H and O–H groups in total. The van der Waals surface area contributed by atoms with Gasteiger partial charge in [0, 0.05) is 18.2 Å². The van der Waals surface area contributed by atoms with E-state index >= 15 is 0 Å². The highest BCUT2D eigenvalue weighted by molar-refractivity contribution is 5.90. The lowest BCUT2D eigenvalue weighted by Gasteiger charge is -2.26. The summed E-state index contributed by atoms with van der Waals surface area (Å²) in [6, 6.07) is 5.28. The number of hydrogen-bond donors (Lipinski definition) is 2. The number of allylic oxidation sites excluding steroid dienone is 3. The molecule has 0 radical (unpaired) electrons. The van der Waals surface area contributed by atoms with Gasteiger partial charge in [0.25, 0.3) is 5.56 Å². The number of ether oxygens (including phenoxy) is 1. The summed E-state index contributed by atoms with van der Waals surface area (Å²) in [5, 5.41) is 17.1. The van der Waals surface area contributed by atoms with Crippen LogP contribution >= 0.6 is 0 Å². The van der Waals surface area contributed by atoms with Crippen molar-refractivity contribution in [2.24, 2.45) is 0 Å². The van der Waals surface area contributed by atoms with Crippen molar-refractivity contribution in [1.82, 2.24) is 10.2 Å². The van der Waals surface area contributed by atoms with Gasteiger partial charge in [-0.15, -0.1) is 0 Å². The molecule has 146 valence electrons. The van der Waals surface area contributed by atoms with Gasteiger partial charge in [-0.3, -0.25) is 4.79 Å². The molecule has 0 amide bonds. The van der Waals surface area contributed by atoms with Crippen molar-refractivity contribution in [1.29, 1.82) is 0 Å². The van der Waals surface area contributed by atoms with Crippen LogP contribution in [0, 0.1) is 0 Å². The van der Waals surface area contributed by atoms with Crippen LogP contribution in [-0.4, -0.2) is 33.0 Å². The third-order valence-electron chi connectivity index (χ3n) is 5.43. The summed E-state index contributed by atoms with van der Waals surface area (Å²) in [5.74, 6) is -0.590. The number of alkyl halides is 1. The van der Waals surface area contributed by atoms with Crippen LogP contribution in [0.3, 0.4) is 0 Å². The van der Waals surface area contributed by atoms with Gasteiger partial charge in [0.15, 0.2) is 0 Å². The van der Waals surface area contributed by atoms with Crippen LogP contribution in [0.4, 0.5) is 4.39 Å². The Bertz CT molecular complexity index is 1060. The highest BCUT2D eigenvalue weighted by Gasteiger charge is 2.35. The zero-order chi connectivity index (χ0) is 19.9. The van der Waals surface area contributed by atoms with E-state index in [0.29, 0.717) is 27.8 Å². The molecule has 1 aromatic heterocycles. The fourth-order valence-electron chi connectivity index (χ4n) is 3.52. The number of nitrogens with zero attached hydrogens (tertiary/aromatic N) is 1. The first-order valence-electron chi connectivity index (χ1n) is 9.35. The van der Waals surface area contributed by atoms with Gasteiger partial charge >= 0.3 is 5.97 Å². The third kappa shape index (κ3) is 3.44. The Labute approximate surface area is 160 Å². The molecule has 28 heavy (non-hydrogen) atoms. The summed E-state index contributed by atoms with van der Waals surface area (Å²) in [5.41, 5.74) is -1.24. The lowest BCUT2D eigenvalue weighted by atomic mass is 9.85. The smallest absolute Gasteiger partial charge is 0.334 e. The quantitative estimate of drug-likeness (QED) is 0.824. The monoisotopic (exact) mass is 384 g/mol. The van der Waals surface area contributed by atoms with Crippen molar-refractivity contribution in [3.05, 3.63) is 57.5 Å². The Morgan fingerprint density at radius 3 is 2.86 bits per heavy atom. The van der Waals surface area contributed by atoms with Gasteiger partial charge in [-0.1, -0.05) is 6.08 Å². The van der Waals surface area contributed by atoms with E-state index < -0.39 is 11.6 Å². The predicted octanol–water partition coefficient (Wildman–Crippen LogP) is 3.47. The summed E-state index contributed by atoms with van der Waals surface area (Å²) in [6.45, 7) is 1.26. The van der Waals surface area contributed by atoms with Crippen molar-refractivity contribution < 1.29 is 19.0 Å². The fourth-order valence-corrected chi connectivity index (χ4v) is 3.52. The number of rotatable bonds is 5. The molecule has 1 unspecified atom stereocenters. The van der Waals surface area contributed by atoms with Crippen molar-refractivity contribution in [3.8, 4) is 5.75 Å². The fraction of sp³-hybridized carbons (Fsp3) is 0.381. The zero-order valence-electron chi connectivity index (χ0n) is 15.5. The lowest BCUT2D eigenvalue weighted by molar-refractivity contribution is -0.134. The maximum Gasteiger partial charge on any atom is 0.334 e. The standard InChI is InChI=1S/C21H21FN2O4/c1-21(22)8-7-12(9-17(21)20(26)27)10-18-16-11-14(28-13-3-2-4-13)5-6-15(16)19(25)24-23-18/h5-7,9,11,13H,2-4,8,10H2,1H3,(H,24,25)(H,26,27). The maximum atomic E-state index is 14.4. The van der Waals surface area contributed by atoms with Gasteiger partial charge < -0.3 is 9.84 Å². The molecule has 1 saturated carbocycles. The summed E-state index contributed by atoms with van der Waals surface area (Å²) < 4.78 is 20.4. The minimum Gasteiger partial charge on any atom is -0.490 e. The normalized spacial score (nSPS) is 22.4. The van der Waals surface area contributed by atoms with Crippen molar-refractivity contribution in [2.45, 2.75) is 50.8 Å². The second kappa shape index (κ2) is 6.89. The zero-order valence-corrected chi connectivity index (χ0v) is 15.5. The Morgan fingerprint density at radius 1 is 1.39 bits per heavy atom. The summed E-state index contributed by atoms with van der Waals surface area (Å²) in [6.07, 6.45) is 6.72. The number of aromatic nitrogens is 2. The molecule has 4 rings (SSSR count). The molecule has 6 nitrogen and oxygen atoms in total. The SMILES string of the molecule is CC1(F)CC=C(Cc2n[nH]c(=O)c3ccc(OC4CCC4)cc23)C=C1C(=O)O. The van der Waals surface area contributed by atoms with Gasteiger partial charge in [0.05, 0.1) is 22.8 Å². The highest BCUT2D eigenvalue weighted by Crippen LogP contribution is 2.34. The van der Waals surface area contributed by atoms with Gasteiger partial charge in [-0.2, -0.15) is 5.10 Å². The largest absolute Gasteiger partial charge is 0.490 e. The van der Waals surface area contributed by atoms with Gasteiger partial charge in [-0.05, 0) is 56.0 Å². The maximum absolute atomic E-state index is 14.4. The second-order valence-electron chi connectivity index (χ2n) is 7.60. The van der Waals surface area contributed by atoms with Crippen LogP contribution < -0.4 is 10.3 Å². The minimum atomic E-state index is -1.90. The van der Waals surface area contributed by atoms with E-state index in [1.165, 1.54) is 13.0 Å². The van der Waals surface area contributed by atoms with Gasteiger partial charge in [0.2, 0.25) is 0 Å². The number of aliphatic carboxylic acids is 1. The van der Waals surface area contributed by atoms with E-state index in [1.807, 2.05) is 0 Å². The molecule has 7 heteroatoms. The number of aromatic amines is 1. The molecule has 1 heterocycles. The number of fused-ring (bicyclic) bond motifs is 1. The average molecular weight is 384 g/mol. The topological polar surface area (TPSA) is 92.3 Å². The Kier molecular flexibility index (Phi) is 4.53. The summed E-state index contributed by atoms with van der Waals surface area (Å²) in [7, 11) is 0. The van der Waals surface area contributed by atoms with Crippen LogP contribution in [-0.2, 0) is 11.2 Å². The Balaban J connectivity index is 1.69. The number of nitrogens with one attached hydrogen (secondary N) is 1. The minimum absolute atomic E-state index is 0.0161. The molecule has 2 aliphatic carbocycles. The summed E-state index contributed by atoms with van der Waals surface area (Å²) >= 11 is 0. The van der Waals surface area contributed by atoms with E-state index in [4.69, 9.17) is 4.74 Å². The van der Waals surface area contributed by atoms with Crippen molar-refractivity contribution in [3.63, 3.8) is 0 Å². The first-order chi connectivity index (χ1) is 13.3. The number of halogens is 1. The van der Waals surface area contributed by atoms with Crippen LogP contribution in [0.5, 0.6) is 5.75 Å². The Hall–Kier alpha value is -2.96. The second-order valence-corrected chi connectivity index (χ2v) is 7.60. The summed E-state index contributed by atoms with van der Waals surface area (Å²) in [4.78, 5) is 23.5. The van der Waals surface area contributed by atoms with Crippen molar-refractivity contribution >= 4 is 16.7 Å².